The van der Waals surface area contributed by atoms with Crippen LogP contribution in [0.2, 0.25) is 0 Å². The highest BCUT2D eigenvalue weighted by Crippen LogP contribution is 2.32. The summed E-state index contributed by atoms with van der Waals surface area (Å²) in [5.74, 6) is 0.777. The molecule has 2 fully saturated rings. The molecule has 0 bridgehead atoms. The predicted molar refractivity (Wildman–Crippen MR) is 108 cm³/mol. The highest BCUT2D eigenvalue weighted by atomic mass is 35.5. The van der Waals surface area contributed by atoms with Crippen molar-refractivity contribution in [3.05, 3.63) is 35.4 Å². The Labute approximate surface area is 163 Å². The van der Waals surface area contributed by atoms with E-state index in [1.165, 1.54) is 11.1 Å². The minimum Gasteiger partial charge on any atom is -0.376 e. The number of nitrogens with two attached hydrogens (primary N) is 1. The van der Waals surface area contributed by atoms with Gasteiger partial charge in [0.1, 0.15) is 0 Å². The van der Waals surface area contributed by atoms with E-state index in [1.807, 2.05) is 0 Å². The number of hydrogen-bond acceptors (Lipinski definition) is 3. The summed E-state index contributed by atoms with van der Waals surface area (Å²) in [5.41, 5.74) is 8.47. The van der Waals surface area contributed by atoms with Gasteiger partial charge in [-0.05, 0) is 57.1 Å². The van der Waals surface area contributed by atoms with Gasteiger partial charge in [0, 0.05) is 25.6 Å². The average Bonchev–Trinajstić information content (AvgIpc) is 3.30. The van der Waals surface area contributed by atoms with Crippen molar-refractivity contribution in [2.75, 3.05) is 26.2 Å². The van der Waals surface area contributed by atoms with Crippen molar-refractivity contribution in [1.82, 2.24) is 4.90 Å². The first-order valence-electron chi connectivity index (χ1n) is 9.83. The number of nitrogens with zero attached hydrogens (tertiary/aromatic N) is 1. The molecule has 3 rings (SSSR count). The lowest BCUT2D eigenvalue weighted by Crippen LogP contribution is -2.43. The van der Waals surface area contributed by atoms with Crippen LogP contribution in [0.4, 0.5) is 0 Å². The van der Waals surface area contributed by atoms with E-state index < -0.39 is 0 Å². The van der Waals surface area contributed by atoms with Crippen LogP contribution in [-0.2, 0) is 16.0 Å². The number of ether oxygens (including phenoxy) is 1. The van der Waals surface area contributed by atoms with Gasteiger partial charge in [-0.2, -0.15) is 0 Å². The second-order valence-electron chi connectivity index (χ2n) is 7.69. The summed E-state index contributed by atoms with van der Waals surface area (Å²) in [6.45, 7) is 5.07. The van der Waals surface area contributed by atoms with Crippen LogP contribution < -0.4 is 5.73 Å². The van der Waals surface area contributed by atoms with Gasteiger partial charge in [-0.15, -0.1) is 12.4 Å². The molecule has 1 heterocycles. The normalized spacial score (nSPS) is 25.1. The Kier molecular flexibility index (Phi) is 8.39. The molecule has 1 amide bonds. The van der Waals surface area contributed by atoms with Gasteiger partial charge in [0.25, 0.3) is 0 Å². The van der Waals surface area contributed by atoms with Gasteiger partial charge < -0.3 is 15.4 Å². The van der Waals surface area contributed by atoms with Crippen molar-refractivity contribution in [2.24, 2.45) is 17.6 Å². The van der Waals surface area contributed by atoms with E-state index in [-0.39, 0.29) is 24.4 Å². The molecule has 146 valence electrons. The monoisotopic (exact) mass is 380 g/mol. The maximum atomic E-state index is 13.2. The number of halogens is 1. The van der Waals surface area contributed by atoms with Crippen LogP contribution in [-0.4, -0.2) is 43.2 Å². The number of carbonyl (C=O) groups excluding carboxylic acids is 1. The standard InChI is InChI=1S/C21H32N2O2.ClH/c1-16-7-9-17(10-8-16)11-12-23(15-19-5-3-13-25-19)21(24)20-6-2-4-18(20)14-22;/h7-10,18-20H,2-6,11-15,22H2,1H3;1H/t18-,19?,20-;/m1./s1. The van der Waals surface area contributed by atoms with Crippen molar-refractivity contribution < 1.29 is 9.53 Å². The molecule has 3 atom stereocenters. The summed E-state index contributed by atoms with van der Waals surface area (Å²) < 4.78 is 5.80. The minimum absolute atomic E-state index is 0. The lowest BCUT2D eigenvalue weighted by atomic mass is 9.94. The number of benzene rings is 1. The summed E-state index contributed by atoms with van der Waals surface area (Å²) in [5, 5.41) is 0. The molecule has 1 saturated carbocycles. The third-order valence-corrected chi connectivity index (χ3v) is 5.83. The van der Waals surface area contributed by atoms with Crippen LogP contribution in [0, 0.1) is 18.8 Å². The maximum absolute atomic E-state index is 13.2. The molecule has 4 nitrogen and oxygen atoms in total. The second-order valence-corrected chi connectivity index (χ2v) is 7.69. The Bertz CT molecular complexity index is 558. The van der Waals surface area contributed by atoms with Gasteiger partial charge >= 0.3 is 0 Å². The fourth-order valence-electron chi connectivity index (χ4n) is 4.22. The van der Waals surface area contributed by atoms with Gasteiger partial charge in [0.15, 0.2) is 0 Å². The van der Waals surface area contributed by atoms with Crippen molar-refractivity contribution in [2.45, 2.75) is 51.6 Å². The van der Waals surface area contributed by atoms with E-state index in [9.17, 15) is 4.79 Å². The van der Waals surface area contributed by atoms with E-state index in [4.69, 9.17) is 10.5 Å². The van der Waals surface area contributed by atoms with Crippen LogP contribution in [0.15, 0.2) is 24.3 Å². The number of hydrogen-bond donors (Lipinski definition) is 1. The van der Waals surface area contributed by atoms with Crippen LogP contribution in [0.3, 0.4) is 0 Å². The molecule has 1 aliphatic heterocycles. The molecule has 0 aromatic heterocycles. The first kappa shape index (κ1) is 21.2. The van der Waals surface area contributed by atoms with Crippen molar-refractivity contribution >= 4 is 18.3 Å². The molecule has 1 aromatic rings. The van der Waals surface area contributed by atoms with E-state index in [2.05, 4.69) is 36.1 Å². The third kappa shape index (κ3) is 5.45. The van der Waals surface area contributed by atoms with Crippen molar-refractivity contribution in [3.63, 3.8) is 0 Å². The van der Waals surface area contributed by atoms with Crippen molar-refractivity contribution in [3.8, 4) is 0 Å². The molecule has 1 unspecified atom stereocenters. The predicted octanol–water partition coefficient (Wildman–Crippen LogP) is 3.34. The zero-order valence-electron chi connectivity index (χ0n) is 15.9. The largest absolute Gasteiger partial charge is 0.376 e. The van der Waals surface area contributed by atoms with E-state index in [0.29, 0.717) is 18.4 Å². The SMILES string of the molecule is Cc1ccc(CCN(CC2CCCO2)C(=O)[C@@H]2CCC[C@@H]2CN)cc1.Cl. The number of carbonyl (C=O) groups is 1. The first-order chi connectivity index (χ1) is 12.2. The lowest BCUT2D eigenvalue weighted by Gasteiger charge is -2.30. The molecule has 1 aliphatic carbocycles. The van der Waals surface area contributed by atoms with Gasteiger partial charge in [0.05, 0.1) is 6.10 Å². The van der Waals surface area contributed by atoms with Crippen molar-refractivity contribution in [1.29, 1.82) is 0 Å². The quantitative estimate of drug-likeness (QED) is 0.789. The highest BCUT2D eigenvalue weighted by molar-refractivity contribution is 5.85. The Hall–Kier alpha value is -1.10. The second kappa shape index (κ2) is 10.3. The molecule has 2 aliphatic rings. The fourth-order valence-corrected chi connectivity index (χ4v) is 4.22. The van der Waals surface area contributed by atoms with Gasteiger partial charge in [-0.1, -0.05) is 36.2 Å². The topological polar surface area (TPSA) is 55.6 Å². The van der Waals surface area contributed by atoms with Gasteiger partial charge in [-0.3, -0.25) is 4.79 Å². The zero-order chi connectivity index (χ0) is 17.6. The Morgan fingerprint density at radius 3 is 2.62 bits per heavy atom. The summed E-state index contributed by atoms with van der Waals surface area (Å²) >= 11 is 0. The van der Waals surface area contributed by atoms with Crippen LogP contribution in [0.1, 0.15) is 43.2 Å². The Morgan fingerprint density at radius 2 is 1.96 bits per heavy atom. The minimum atomic E-state index is 0. The Morgan fingerprint density at radius 1 is 1.19 bits per heavy atom. The van der Waals surface area contributed by atoms with E-state index in [0.717, 1.165) is 58.2 Å². The molecular weight excluding hydrogens is 348 g/mol. The number of aryl methyl sites for hydroxylation is 1. The Balaban J connectivity index is 0.00000243. The molecule has 26 heavy (non-hydrogen) atoms. The molecular formula is C21H33ClN2O2. The van der Waals surface area contributed by atoms with Crippen LogP contribution in [0.5, 0.6) is 0 Å². The van der Waals surface area contributed by atoms with Crippen LogP contribution >= 0.6 is 12.4 Å². The van der Waals surface area contributed by atoms with E-state index >= 15 is 0 Å². The summed E-state index contributed by atoms with van der Waals surface area (Å²) in [7, 11) is 0. The molecule has 2 N–H and O–H groups in total. The first-order valence-corrected chi connectivity index (χ1v) is 9.83. The maximum Gasteiger partial charge on any atom is 0.226 e. The smallest absolute Gasteiger partial charge is 0.226 e. The molecule has 0 spiro atoms. The summed E-state index contributed by atoms with van der Waals surface area (Å²) in [6.07, 6.45) is 6.51. The lowest BCUT2D eigenvalue weighted by molar-refractivity contribution is -0.138. The molecule has 1 saturated heterocycles. The zero-order valence-corrected chi connectivity index (χ0v) is 16.7. The molecule has 0 radical (unpaired) electrons. The highest BCUT2D eigenvalue weighted by Gasteiger charge is 2.35. The van der Waals surface area contributed by atoms with Gasteiger partial charge in [0.2, 0.25) is 5.91 Å². The van der Waals surface area contributed by atoms with Gasteiger partial charge in [-0.25, -0.2) is 0 Å². The van der Waals surface area contributed by atoms with E-state index in [1.54, 1.807) is 0 Å². The van der Waals surface area contributed by atoms with Crippen LogP contribution in [0.25, 0.3) is 0 Å². The number of rotatable bonds is 7. The third-order valence-electron chi connectivity index (χ3n) is 5.83. The average molecular weight is 381 g/mol. The fraction of sp³-hybridized carbons (Fsp3) is 0.667. The number of amides is 1. The summed E-state index contributed by atoms with van der Waals surface area (Å²) in [4.78, 5) is 15.3. The molecule has 1 aromatic carbocycles. The summed E-state index contributed by atoms with van der Waals surface area (Å²) in [6, 6.07) is 8.62. The molecule has 5 heteroatoms.